The number of nitro benzene ring substituents is 2. The number of carbonyl (C=O) groups is 1. The van der Waals surface area contributed by atoms with Crippen molar-refractivity contribution in [1.29, 1.82) is 0 Å². The maximum atomic E-state index is 12.4. The number of hydrogen-bond acceptors (Lipinski definition) is 6. The molecule has 9 nitrogen and oxygen atoms in total. The van der Waals surface area contributed by atoms with E-state index in [1.807, 2.05) is 0 Å². The molecule has 0 aliphatic heterocycles. The molecule has 142 valence electrons. The second kappa shape index (κ2) is 8.75. The monoisotopic (exact) mass is 373 g/mol. The van der Waals surface area contributed by atoms with E-state index in [1.165, 1.54) is 0 Å². The number of amides is 1. The molecule has 0 unspecified atom stereocenters. The molecule has 0 spiro atoms. The van der Waals surface area contributed by atoms with Gasteiger partial charge in [-0.05, 0) is 30.5 Å². The maximum Gasteiger partial charge on any atom is 0.289 e. The lowest BCUT2D eigenvalue weighted by molar-refractivity contribution is -0.394. The van der Waals surface area contributed by atoms with Crippen LogP contribution in [0.3, 0.4) is 0 Å². The summed E-state index contributed by atoms with van der Waals surface area (Å²) in [6.45, 7) is 4.69. The summed E-state index contributed by atoms with van der Waals surface area (Å²) in [6.07, 6.45) is 0.881. The minimum absolute atomic E-state index is 0.267. The Balaban J connectivity index is 2.17. The zero-order chi connectivity index (χ0) is 20.0. The highest BCUT2D eigenvalue weighted by Crippen LogP contribution is 2.26. The molecule has 0 aromatic heterocycles. The molecule has 2 aromatic rings. The third-order valence-corrected chi connectivity index (χ3v) is 3.69. The zero-order valence-corrected chi connectivity index (χ0v) is 14.9. The summed E-state index contributed by atoms with van der Waals surface area (Å²) in [4.78, 5) is 32.8. The van der Waals surface area contributed by atoms with E-state index in [4.69, 9.17) is 4.74 Å². The molecule has 0 aliphatic carbocycles. The third kappa shape index (κ3) is 5.50. The number of benzene rings is 2. The number of carbonyl (C=O) groups excluding carboxylic acids is 1. The Labute approximate surface area is 155 Å². The molecular formula is C18H19N3O6. The molecule has 0 saturated heterocycles. The summed E-state index contributed by atoms with van der Waals surface area (Å²) in [5.41, 5.74) is -0.962. The molecule has 0 heterocycles. The van der Waals surface area contributed by atoms with Gasteiger partial charge in [0.15, 0.2) is 0 Å². The van der Waals surface area contributed by atoms with Gasteiger partial charge in [0.1, 0.15) is 11.3 Å². The van der Waals surface area contributed by atoms with Crippen molar-refractivity contribution in [3.63, 3.8) is 0 Å². The highest BCUT2D eigenvalue weighted by molar-refractivity contribution is 6.07. The number of anilines is 1. The van der Waals surface area contributed by atoms with Crippen molar-refractivity contribution in [3.8, 4) is 5.75 Å². The Kier molecular flexibility index (Phi) is 6.42. The molecule has 1 N–H and O–H groups in total. The molecule has 1 amide bonds. The molecule has 0 bridgehead atoms. The van der Waals surface area contributed by atoms with Gasteiger partial charge in [0.05, 0.1) is 22.5 Å². The van der Waals surface area contributed by atoms with Crippen LogP contribution in [0.15, 0.2) is 42.5 Å². The Morgan fingerprint density at radius 1 is 1.11 bits per heavy atom. The van der Waals surface area contributed by atoms with Crippen LogP contribution in [0.1, 0.15) is 30.6 Å². The first-order chi connectivity index (χ1) is 12.8. The van der Waals surface area contributed by atoms with Crippen LogP contribution in [0.4, 0.5) is 17.1 Å². The summed E-state index contributed by atoms with van der Waals surface area (Å²) >= 11 is 0. The van der Waals surface area contributed by atoms with E-state index in [9.17, 15) is 25.0 Å². The fourth-order valence-corrected chi connectivity index (χ4v) is 2.25. The predicted octanol–water partition coefficient (Wildman–Crippen LogP) is 4.18. The van der Waals surface area contributed by atoms with Crippen LogP contribution in [0.2, 0.25) is 0 Å². The van der Waals surface area contributed by atoms with E-state index in [2.05, 4.69) is 19.2 Å². The fourth-order valence-electron chi connectivity index (χ4n) is 2.25. The lowest BCUT2D eigenvalue weighted by atomic mass is 10.1. The average Bonchev–Trinajstić information content (AvgIpc) is 2.61. The fraction of sp³-hybridized carbons (Fsp3) is 0.278. The molecule has 0 atom stereocenters. The Morgan fingerprint density at radius 2 is 1.85 bits per heavy atom. The summed E-state index contributed by atoms with van der Waals surface area (Å²) in [6, 6.07) is 9.52. The number of nitrogens with one attached hydrogen (secondary N) is 1. The maximum absolute atomic E-state index is 12.4. The molecule has 0 fully saturated rings. The third-order valence-electron chi connectivity index (χ3n) is 3.69. The van der Waals surface area contributed by atoms with Crippen molar-refractivity contribution >= 4 is 23.0 Å². The average molecular weight is 373 g/mol. The van der Waals surface area contributed by atoms with Gasteiger partial charge in [-0.2, -0.15) is 0 Å². The number of rotatable bonds is 8. The van der Waals surface area contributed by atoms with Crippen molar-refractivity contribution < 1.29 is 19.4 Å². The largest absolute Gasteiger partial charge is 0.494 e. The lowest BCUT2D eigenvalue weighted by Gasteiger charge is -2.10. The van der Waals surface area contributed by atoms with Gasteiger partial charge in [0.2, 0.25) is 0 Å². The van der Waals surface area contributed by atoms with E-state index in [0.717, 1.165) is 24.6 Å². The van der Waals surface area contributed by atoms with E-state index in [0.29, 0.717) is 24.0 Å². The van der Waals surface area contributed by atoms with Crippen molar-refractivity contribution in [2.75, 3.05) is 11.9 Å². The van der Waals surface area contributed by atoms with Gasteiger partial charge in [-0.3, -0.25) is 25.0 Å². The Hall–Kier alpha value is -3.49. The van der Waals surface area contributed by atoms with Gasteiger partial charge in [0.25, 0.3) is 17.3 Å². The van der Waals surface area contributed by atoms with Crippen molar-refractivity contribution in [1.82, 2.24) is 0 Å². The molecule has 2 rings (SSSR count). The number of nitrogens with zero attached hydrogens (tertiary/aromatic N) is 2. The van der Waals surface area contributed by atoms with Gasteiger partial charge in [-0.15, -0.1) is 0 Å². The summed E-state index contributed by atoms with van der Waals surface area (Å²) in [5.74, 6) is 0.318. The SMILES string of the molecule is CC(C)CCOc1cccc(NC(=O)c2ccc([N+](=O)[O-])cc2[N+](=O)[O-])c1. The number of hydrogen-bond donors (Lipinski definition) is 1. The van der Waals surface area contributed by atoms with Crippen LogP contribution >= 0.6 is 0 Å². The standard InChI is InChI=1S/C18H19N3O6/c1-12(2)8-9-27-15-5-3-4-13(10-15)19-18(22)16-7-6-14(20(23)24)11-17(16)21(25)26/h3-7,10-12H,8-9H2,1-2H3,(H,19,22). The van der Waals surface area contributed by atoms with Gasteiger partial charge in [-0.25, -0.2) is 0 Å². The minimum atomic E-state index is -0.826. The summed E-state index contributed by atoms with van der Waals surface area (Å²) < 4.78 is 5.61. The number of ether oxygens (including phenoxy) is 1. The molecule has 0 saturated carbocycles. The molecular weight excluding hydrogens is 354 g/mol. The van der Waals surface area contributed by atoms with Crippen LogP contribution in [-0.4, -0.2) is 22.4 Å². The topological polar surface area (TPSA) is 125 Å². The first-order valence-electron chi connectivity index (χ1n) is 8.25. The Morgan fingerprint density at radius 3 is 2.48 bits per heavy atom. The van der Waals surface area contributed by atoms with Gasteiger partial charge in [0, 0.05) is 17.8 Å². The second-order valence-corrected chi connectivity index (χ2v) is 6.23. The van der Waals surface area contributed by atoms with Crippen molar-refractivity contribution in [2.45, 2.75) is 20.3 Å². The first-order valence-corrected chi connectivity index (χ1v) is 8.25. The van der Waals surface area contributed by atoms with E-state index < -0.39 is 27.1 Å². The number of non-ortho nitro benzene ring substituents is 1. The quantitative estimate of drug-likeness (QED) is 0.546. The molecule has 0 aliphatic rings. The van der Waals surface area contributed by atoms with E-state index in [-0.39, 0.29) is 5.56 Å². The Bertz CT molecular complexity index is 866. The highest BCUT2D eigenvalue weighted by atomic mass is 16.6. The van der Waals surface area contributed by atoms with Crippen LogP contribution in [0, 0.1) is 26.1 Å². The van der Waals surface area contributed by atoms with E-state index in [1.54, 1.807) is 24.3 Å². The van der Waals surface area contributed by atoms with Crippen LogP contribution in [0.25, 0.3) is 0 Å². The smallest absolute Gasteiger partial charge is 0.289 e. The predicted molar refractivity (Wildman–Crippen MR) is 99.1 cm³/mol. The van der Waals surface area contributed by atoms with Gasteiger partial charge in [-0.1, -0.05) is 19.9 Å². The normalized spacial score (nSPS) is 10.5. The summed E-state index contributed by atoms with van der Waals surface area (Å²) in [7, 11) is 0. The van der Waals surface area contributed by atoms with Crippen LogP contribution < -0.4 is 10.1 Å². The summed E-state index contributed by atoms with van der Waals surface area (Å²) in [5, 5.41) is 24.5. The number of nitro groups is 2. The zero-order valence-electron chi connectivity index (χ0n) is 14.9. The van der Waals surface area contributed by atoms with Crippen LogP contribution in [-0.2, 0) is 0 Å². The molecule has 9 heteroatoms. The van der Waals surface area contributed by atoms with Gasteiger partial charge < -0.3 is 10.1 Å². The van der Waals surface area contributed by atoms with Crippen molar-refractivity contribution in [3.05, 3.63) is 68.3 Å². The second-order valence-electron chi connectivity index (χ2n) is 6.23. The highest BCUT2D eigenvalue weighted by Gasteiger charge is 2.24. The van der Waals surface area contributed by atoms with Gasteiger partial charge >= 0.3 is 0 Å². The molecule has 0 radical (unpaired) electrons. The lowest BCUT2D eigenvalue weighted by Crippen LogP contribution is -2.14. The molecule has 2 aromatic carbocycles. The first kappa shape index (κ1) is 19.8. The van der Waals surface area contributed by atoms with Crippen molar-refractivity contribution in [2.24, 2.45) is 5.92 Å². The van der Waals surface area contributed by atoms with Crippen LogP contribution in [0.5, 0.6) is 5.75 Å². The minimum Gasteiger partial charge on any atom is -0.494 e. The van der Waals surface area contributed by atoms with E-state index >= 15 is 0 Å². The molecule has 27 heavy (non-hydrogen) atoms.